The first-order chi connectivity index (χ1) is 15.3. The average molecular weight is 437 g/mol. The average Bonchev–Trinajstić information content (AvgIpc) is 2.77. The third kappa shape index (κ3) is 4.00. The normalized spacial score (nSPS) is 11.8. The molecule has 0 radical (unpaired) electrons. The lowest BCUT2D eigenvalue weighted by molar-refractivity contribution is -0.384. The quantitative estimate of drug-likeness (QED) is 0.313. The summed E-state index contributed by atoms with van der Waals surface area (Å²) in [7, 11) is 0. The van der Waals surface area contributed by atoms with Gasteiger partial charge >= 0.3 is 6.18 Å². The van der Waals surface area contributed by atoms with Crippen molar-refractivity contribution in [1.29, 1.82) is 0 Å². The summed E-state index contributed by atoms with van der Waals surface area (Å²) < 4.78 is 41.9. The summed E-state index contributed by atoms with van der Waals surface area (Å²) in [6.07, 6.45) is -1.88. The van der Waals surface area contributed by atoms with Crippen LogP contribution >= 0.6 is 0 Å². The van der Waals surface area contributed by atoms with Gasteiger partial charge in [-0.1, -0.05) is 42.5 Å². The van der Waals surface area contributed by atoms with Gasteiger partial charge in [0, 0.05) is 12.1 Å². The topological polar surface area (TPSA) is 78.0 Å². The van der Waals surface area contributed by atoms with Gasteiger partial charge in [0.2, 0.25) is 0 Å². The van der Waals surface area contributed by atoms with Crippen LogP contribution in [0, 0.1) is 10.1 Å². The number of benzene rings is 3. The summed E-state index contributed by atoms with van der Waals surface area (Å²) in [6.45, 7) is 0. The van der Waals surface area contributed by atoms with Gasteiger partial charge in [0.05, 0.1) is 27.1 Å². The van der Waals surface area contributed by atoms with Crippen molar-refractivity contribution in [3.8, 4) is 5.69 Å². The Bertz CT molecular complexity index is 1430. The second-order valence-electron chi connectivity index (χ2n) is 6.83. The number of hydrogen-bond donors (Lipinski definition) is 0. The zero-order valence-electron chi connectivity index (χ0n) is 16.3. The van der Waals surface area contributed by atoms with Crippen molar-refractivity contribution in [1.82, 2.24) is 9.55 Å². The molecule has 0 spiro atoms. The van der Waals surface area contributed by atoms with Gasteiger partial charge in [-0.25, -0.2) is 4.98 Å². The van der Waals surface area contributed by atoms with E-state index >= 15 is 0 Å². The van der Waals surface area contributed by atoms with Crippen LogP contribution in [0.15, 0.2) is 77.6 Å². The van der Waals surface area contributed by atoms with E-state index in [1.54, 1.807) is 24.3 Å². The van der Waals surface area contributed by atoms with Gasteiger partial charge in [-0.3, -0.25) is 19.5 Å². The molecule has 3 aromatic carbocycles. The molecule has 32 heavy (non-hydrogen) atoms. The number of aromatic nitrogens is 2. The van der Waals surface area contributed by atoms with E-state index in [9.17, 15) is 28.1 Å². The fourth-order valence-corrected chi connectivity index (χ4v) is 3.32. The van der Waals surface area contributed by atoms with Crippen LogP contribution in [-0.4, -0.2) is 14.5 Å². The Hall–Kier alpha value is -4.27. The molecule has 0 saturated carbocycles. The fraction of sp³-hybridized carbons (Fsp3) is 0.0435. The number of nitrogens with zero attached hydrogens (tertiary/aromatic N) is 3. The molecule has 0 aliphatic rings. The molecule has 4 rings (SSSR count). The Kier molecular flexibility index (Phi) is 5.31. The first kappa shape index (κ1) is 21.0. The Labute approximate surface area is 179 Å². The maximum atomic E-state index is 13.7. The van der Waals surface area contributed by atoms with Gasteiger partial charge in [-0.05, 0) is 35.9 Å². The lowest BCUT2D eigenvalue weighted by atomic mass is 10.1. The fourth-order valence-electron chi connectivity index (χ4n) is 3.32. The predicted molar refractivity (Wildman–Crippen MR) is 114 cm³/mol. The van der Waals surface area contributed by atoms with E-state index in [0.29, 0.717) is 11.1 Å². The minimum absolute atomic E-state index is 0.0445. The lowest BCUT2D eigenvalue weighted by Gasteiger charge is -2.17. The van der Waals surface area contributed by atoms with Crippen molar-refractivity contribution in [2.75, 3.05) is 0 Å². The van der Waals surface area contributed by atoms with E-state index in [4.69, 9.17) is 0 Å². The molecule has 0 atom stereocenters. The summed E-state index contributed by atoms with van der Waals surface area (Å²) in [6, 6.07) is 16.8. The molecule has 6 nitrogen and oxygen atoms in total. The van der Waals surface area contributed by atoms with Crippen LogP contribution in [0.1, 0.15) is 17.0 Å². The van der Waals surface area contributed by atoms with Crippen molar-refractivity contribution in [3.05, 3.63) is 110 Å². The molecular weight excluding hydrogens is 423 g/mol. The molecule has 0 aliphatic heterocycles. The van der Waals surface area contributed by atoms with Crippen LogP contribution in [-0.2, 0) is 6.18 Å². The smallest absolute Gasteiger partial charge is 0.268 e. The van der Waals surface area contributed by atoms with Gasteiger partial charge in [0.15, 0.2) is 0 Å². The standard InChI is InChI=1S/C23H14F3N3O3/c24-23(25,26)18-9-2-4-11-20(18)28-21(27-19-10-3-1-8-17(19)22(28)30)13-12-15-6-5-7-16(14-15)29(31)32/h1-14H. The van der Waals surface area contributed by atoms with Crippen LogP contribution in [0.2, 0.25) is 0 Å². The minimum atomic E-state index is -4.69. The first-order valence-electron chi connectivity index (χ1n) is 9.36. The molecule has 0 saturated heterocycles. The van der Waals surface area contributed by atoms with Crippen LogP contribution < -0.4 is 5.56 Å². The summed E-state index contributed by atoms with van der Waals surface area (Å²) in [4.78, 5) is 28.1. The van der Waals surface area contributed by atoms with Gasteiger partial charge in [-0.15, -0.1) is 0 Å². The molecule has 0 unspecified atom stereocenters. The Balaban J connectivity index is 1.97. The van der Waals surface area contributed by atoms with Crippen LogP contribution in [0.25, 0.3) is 28.7 Å². The van der Waals surface area contributed by atoms with Gasteiger partial charge in [-0.2, -0.15) is 13.2 Å². The zero-order chi connectivity index (χ0) is 22.9. The summed E-state index contributed by atoms with van der Waals surface area (Å²) in [5, 5.41) is 11.2. The number of rotatable bonds is 4. The number of halogens is 3. The third-order valence-electron chi connectivity index (χ3n) is 4.76. The second kappa shape index (κ2) is 8.10. The van der Waals surface area contributed by atoms with Crippen LogP contribution in [0.3, 0.4) is 0 Å². The van der Waals surface area contributed by atoms with Crippen molar-refractivity contribution < 1.29 is 18.1 Å². The summed E-state index contributed by atoms with van der Waals surface area (Å²) >= 11 is 0. The van der Waals surface area contributed by atoms with E-state index in [1.807, 2.05) is 0 Å². The maximum Gasteiger partial charge on any atom is 0.418 e. The number of hydrogen-bond acceptors (Lipinski definition) is 4. The number of alkyl halides is 3. The molecule has 0 amide bonds. The Morgan fingerprint density at radius 2 is 1.66 bits per heavy atom. The number of nitro groups is 1. The molecule has 9 heteroatoms. The lowest BCUT2D eigenvalue weighted by Crippen LogP contribution is -2.25. The minimum Gasteiger partial charge on any atom is -0.268 e. The van der Waals surface area contributed by atoms with E-state index < -0.39 is 22.2 Å². The first-order valence-corrected chi connectivity index (χ1v) is 9.36. The number of nitro benzene ring substituents is 1. The molecule has 0 fully saturated rings. The number of fused-ring (bicyclic) bond motifs is 1. The highest BCUT2D eigenvalue weighted by Crippen LogP contribution is 2.34. The van der Waals surface area contributed by atoms with Crippen molar-refractivity contribution in [2.24, 2.45) is 0 Å². The number of non-ortho nitro benzene ring substituents is 1. The molecule has 1 heterocycles. The molecule has 0 bridgehead atoms. The van der Waals surface area contributed by atoms with E-state index in [2.05, 4.69) is 4.98 Å². The second-order valence-corrected chi connectivity index (χ2v) is 6.83. The largest absolute Gasteiger partial charge is 0.418 e. The van der Waals surface area contributed by atoms with Crippen LogP contribution in [0.4, 0.5) is 18.9 Å². The highest BCUT2D eigenvalue weighted by atomic mass is 19.4. The van der Waals surface area contributed by atoms with Crippen molar-refractivity contribution in [3.63, 3.8) is 0 Å². The molecule has 4 aromatic rings. The maximum absolute atomic E-state index is 13.7. The molecular formula is C23H14F3N3O3. The molecule has 160 valence electrons. The molecule has 0 N–H and O–H groups in total. The molecule has 0 aliphatic carbocycles. The van der Waals surface area contributed by atoms with Crippen molar-refractivity contribution in [2.45, 2.75) is 6.18 Å². The van der Waals surface area contributed by atoms with E-state index in [0.717, 1.165) is 10.6 Å². The summed E-state index contributed by atoms with van der Waals surface area (Å²) in [5.74, 6) is -0.0445. The van der Waals surface area contributed by atoms with Crippen molar-refractivity contribution >= 4 is 28.7 Å². The molecule has 1 aromatic heterocycles. The monoisotopic (exact) mass is 437 g/mol. The van der Waals surface area contributed by atoms with Crippen LogP contribution in [0.5, 0.6) is 0 Å². The highest BCUT2D eigenvalue weighted by molar-refractivity contribution is 5.80. The highest BCUT2D eigenvalue weighted by Gasteiger charge is 2.34. The summed E-state index contributed by atoms with van der Waals surface area (Å²) in [5.41, 5.74) is -1.40. The van der Waals surface area contributed by atoms with E-state index in [-0.39, 0.29) is 22.6 Å². The number of para-hydroxylation sites is 2. The third-order valence-corrected chi connectivity index (χ3v) is 4.76. The Morgan fingerprint density at radius 3 is 2.41 bits per heavy atom. The Morgan fingerprint density at radius 1 is 0.938 bits per heavy atom. The van der Waals surface area contributed by atoms with Gasteiger partial charge in [0.25, 0.3) is 11.2 Å². The predicted octanol–water partition coefficient (Wildman–Crippen LogP) is 5.48. The van der Waals surface area contributed by atoms with E-state index in [1.165, 1.54) is 54.6 Å². The zero-order valence-corrected chi connectivity index (χ0v) is 16.3. The van der Waals surface area contributed by atoms with Gasteiger partial charge in [0.1, 0.15) is 5.82 Å². The SMILES string of the molecule is O=c1c2ccccc2nc(C=Cc2cccc([N+](=O)[O-])c2)n1-c1ccccc1C(F)(F)F. The van der Waals surface area contributed by atoms with Gasteiger partial charge < -0.3 is 0 Å².